The molecule has 1 heteroatoms. The third-order valence-electron chi connectivity index (χ3n) is 3.03. The third-order valence-corrected chi connectivity index (χ3v) is 3.03. The zero-order valence-corrected chi connectivity index (χ0v) is 7.42. The van der Waals surface area contributed by atoms with Gasteiger partial charge in [-0.05, 0) is 37.5 Å². The highest BCUT2D eigenvalue weighted by molar-refractivity contribution is 4.85. The largest absolute Gasteiger partial charge is 0.327 e. The van der Waals surface area contributed by atoms with Gasteiger partial charge in [-0.1, -0.05) is 13.0 Å². The Kier molecular flexibility index (Phi) is 3.13. The molecule has 1 saturated carbocycles. The first kappa shape index (κ1) is 8.79. The molecule has 0 aromatic carbocycles. The van der Waals surface area contributed by atoms with E-state index in [9.17, 15) is 0 Å². The predicted octanol–water partition coefficient (Wildman–Crippen LogP) is 2.33. The second-order valence-corrected chi connectivity index (χ2v) is 3.73. The summed E-state index contributed by atoms with van der Waals surface area (Å²) in [5, 5.41) is 0. The van der Waals surface area contributed by atoms with E-state index in [1.807, 2.05) is 6.08 Å². The van der Waals surface area contributed by atoms with Gasteiger partial charge in [0.05, 0.1) is 0 Å². The highest BCUT2D eigenvalue weighted by Crippen LogP contribution is 2.33. The summed E-state index contributed by atoms with van der Waals surface area (Å²) in [5.41, 5.74) is 5.91. The molecule has 0 bridgehead atoms. The summed E-state index contributed by atoms with van der Waals surface area (Å²) in [6, 6.07) is 0.463. The lowest BCUT2D eigenvalue weighted by Crippen LogP contribution is -2.24. The quantitative estimate of drug-likeness (QED) is 0.619. The van der Waals surface area contributed by atoms with E-state index in [-0.39, 0.29) is 0 Å². The van der Waals surface area contributed by atoms with E-state index < -0.39 is 0 Å². The summed E-state index contributed by atoms with van der Waals surface area (Å²) in [6.45, 7) is 6.02. The molecule has 0 spiro atoms. The van der Waals surface area contributed by atoms with E-state index in [4.69, 9.17) is 5.73 Å². The Balaban J connectivity index is 2.29. The van der Waals surface area contributed by atoms with Crippen molar-refractivity contribution in [2.45, 2.75) is 38.6 Å². The second kappa shape index (κ2) is 3.91. The molecule has 1 fully saturated rings. The van der Waals surface area contributed by atoms with Crippen LogP contribution in [-0.2, 0) is 0 Å². The van der Waals surface area contributed by atoms with E-state index >= 15 is 0 Å². The number of rotatable bonds is 3. The van der Waals surface area contributed by atoms with Crippen LogP contribution < -0.4 is 5.73 Å². The Labute approximate surface area is 69.7 Å². The van der Waals surface area contributed by atoms with Crippen LogP contribution in [0.1, 0.15) is 32.6 Å². The van der Waals surface area contributed by atoms with Crippen molar-refractivity contribution >= 4 is 0 Å². The van der Waals surface area contributed by atoms with Gasteiger partial charge in [0.25, 0.3) is 0 Å². The predicted molar refractivity (Wildman–Crippen MR) is 49.3 cm³/mol. The molecular formula is C10H19N. The minimum absolute atomic E-state index is 0.463. The molecule has 0 saturated heterocycles. The maximum atomic E-state index is 5.91. The Bertz CT molecular complexity index is 131. The molecule has 0 aromatic heterocycles. The van der Waals surface area contributed by atoms with Crippen molar-refractivity contribution in [3.05, 3.63) is 12.7 Å². The Morgan fingerprint density at radius 2 is 2.27 bits per heavy atom. The zero-order chi connectivity index (χ0) is 8.27. The van der Waals surface area contributed by atoms with Crippen molar-refractivity contribution in [2.24, 2.45) is 17.6 Å². The smallest absolute Gasteiger partial charge is 0.00672 e. The fraction of sp³-hybridized carbons (Fsp3) is 0.800. The van der Waals surface area contributed by atoms with Crippen molar-refractivity contribution in [3.8, 4) is 0 Å². The molecule has 1 aliphatic carbocycles. The van der Waals surface area contributed by atoms with Crippen molar-refractivity contribution < 1.29 is 0 Å². The molecule has 64 valence electrons. The summed E-state index contributed by atoms with van der Waals surface area (Å²) in [7, 11) is 0. The van der Waals surface area contributed by atoms with Crippen LogP contribution in [0.3, 0.4) is 0 Å². The van der Waals surface area contributed by atoms with Gasteiger partial charge >= 0.3 is 0 Å². The minimum Gasteiger partial charge on any atom is -0.327 e. The highest BCUT2D eigenvalue weighted by Gasteiger charge is 2.28. The van der Waals surface area contributed by atoms with Crippen LogP contribution in [0.25, 0.3) is 0 Å². The van der Waals surface area contributed by atoms with Crippen LogP contribution in [0.15, 0.2) is 12.7 Å². The van der Waals surface area contributed by atoms with Gasteiger partial charge in [0.2, 0.25) is 0 Å². The van der Waals surface area contributed by atoms with Crippen molar-refractivity contribution in [3.63, 3.8) is 0 Å². The van der Waals surface area contributed by atoms with E-state index in [1.54, 1.807) is 0 Å². The van der Waals surface area contributed by atoms with Gasteiger partial charge in [-0.3, -0.25) is 0 Å². The number of nitrogens with two attached hydrogens (primary N) is 1. The molecule has 0 aliphatic heterocycles. The summed E-state index contributed by atoms with van der Waals surface area (Å²) in [6.07, 6.45) is 7.01. The van der Waals surface area contributed by atoms with Crippen LogP contribution in [0.5, 0.6) is 0 Å². The first-order valence-electron chi connectivity index (χ1n) is 4.62. The van der Waals surface area contributed by atoms with E-state index in [0.29, 0.717) is 6.04 Å². The molecular weight excluding hydrogens is 134 g/mol. The van der Waals surface area contributed by atoms with Gasteiger partial charge in [-0.15, -0.1) is 6.58 Å². The van der Waals surface area contributed by atoms with Crippen molar-refractivity contribution in [2.75, 3.05) is 0 Å². The minimum atomic E-state index is 0.463. The van der Waals surface area contributed by atoms with Crippen LogP contribution >= 0.6 is 0 Å². The lowest BCUT2D eigenvalue weighted by atomic mass is 9.92. The fourth-order valence-electron chi connectivity index (χ4n) is 2.02. The molecule has 0 amide bonds. The van der Waals surface area contributed by atoms with Gasteiger partial charge in [0.1, 0.15) is 0 Å². The molecule has 1 rings (SSSR count). The van der Waals surface area contributed by atoms with Gasteiger partial charge in [-0.2, -0.15) is 0 Å². The fourth-order valence-corrected chi connectivity index (χ4v) is 2.02. The topological polar surface area (TPSA) is 26.0 Å². The van der Waals surface area contributed by atoms with E-state index in [2.05, 4.69) is 13.5 Å². The highest BCUT2D eigenvalue weighted by atomic mass is 14.7. The molecule has 0 aromatic rings. The van der Waals surface area contributed by atoms with E-state index in [1.165, 1.54) is 19.3 Å². The number of hydrogen-bond acceptors (Lipinski definition) is 1. The van der Waals surface area contributed by atoms with Gasteiger partial charge < -0.3 is 5.73 Å². The second-order valence-electron chi connectivity index (χ2n) is 3.73. The van der Waals surface area contributed by atoms with Crippen LogP contribution in [0, 0.1) is 11.8 Å². The van der Waals surface area contributed by atoms with Crippen molar-refractivity contribution in [1.82, 2.24) is 0 Å². The molecule has 1 aliphatic rings. The Morgan fingerprint density at radius 1 is 1.55 bits per heavy atom. The number of hydrogen-bond donors (Lipinski definition) is 1. The Hall–Kier alpha value is -0.300. The van der Waals surface area contributed by atoms with Gasteiger partial charge in [0, 0.05) is 6.04 Å². The maximum absolute atomic E-state index is 5.91. The molecule has 3 unspecified atom stereocenters. The van der Waals surface area contributed by atoms with Crippen LogP contribution in [0.2, 0.25) is 0 Å². The lowest BCUT2D eigenvalue weighted by molar-refractivity contribution is 0.372. The van der Waals surface area contributed by atoms with E-state index in [0.717, 1.165) is 18.3 Å². The zero-order valence-electron chi connectivity index (χ0n) is 7.42. The number of allylic oxidation sites excluding steroid dienone is 1. The van der Waals surface area contributed by atoms with Crippen molar-refractivity contribution in [1.29, 1.82) is 0 Å². The van der Waals surface area contributed by atoms with Gasteiger partial charge in [0.15, 0.2) is 0 Å². The molecule has 2 N–H and O–H groups in total. The summed E-state index contributed by atoms with van der Waals surface area (Å²) in [5.74, 6) is 1.60. The molecule has 0 heterocycles. The lowest BCUT2D eigenvalue weighted by Gasteiger charge is -2.16. The Morgan fingerprint density at radius 3 is 2.73 bits per heavy atom. The van der Waals surface area contributed by atoms with Crippen LogP contribution in [-0.4, -0.2) is 6.04 Å². The maximum Gasteiger partial charge on any atom is 0.00672 e. The van der Waals surface area contributed by atoms with Gasteiger partial charge in [-0.25, -0.2) is 0 Å². The standard InChI is InChI=1S/C10H19N/c1-3-4-5-9-6-7-10(11)8(9)2/h3,8-10H,1,4-7,11H2,2H3. The first-order valence-corrected chi connectivity index (χ1v) is 4.62. The molecule has 1 nitrogen and oxygen atoms in total. The molecule has 0 radical (unpaired) electrons. The monoisotopic (exact) mass is 153 g/mol. The summed E-state index contributed by atoms with van der Waals surface area (Å²) in [4.78, 5) is 0. The average Bonchev–Trinajstić information content (AvgIpc) is 2.31. The molecule has 11 heavy (non-hydrogen) atoms. The SMILES string of the molecule is C=CCCC1CCC(N)C1C. The first-order chi connectivity index (χ1) is 5.25. The van der Waals surface area contributed by atoms with Crippen LogP contribution in [0.4, 0.5) is 0 Å². The summed E-state index contributed by atoms with van der Waals surface area (Å²) < 4.78 is 0. The normalized spacial score (nSPS) is 37.5. The average molecular weight is 153 g/mol. The molecule has 3 atom stereocenters. The summed E-state index contributed by atoms with van der Waals surface area (Å²) >= 11 is 0. The third kappa shape index (κ3) is 2.06.